The fourth-order valence-electron chi connectivity index (χ4n) is 5.38. The number of hydrogen-bond acceptors (Lipinski definition) is 6. The van der Waals surface area contributed by atoms with Crippen molar-refractivity contribution < 1.29 is 22.8 Å². The number of nitrogens with zero attached hydrogens (tertiary/aromatic N) is 3. The van der Waals surface area contributed by atoms with Gasteiger partial charge in [-0.2, -0.15) is 13.2 Å². The van der Waals surface area contributed by atoms with Crippen LogP contribution < -0.4 is 21.3 Å². The first-order valence-corrected chi connectivity index (χ1v) is 12.8. The molecular weight excluding hydrogens is 487 g/mol. The molecular formula is C25H34F3N7O2. The molecule has 37 heavy (non-hydrogen) atoms. The summed E-state index contributed by atoms with van der Waals surface area (Å²) in [6, 6.07) is 3.84. The van der Waals surface area contributed by atoms with E-state index in [-0.39, 0.29) is 41.8 Å². The number of nitrogens with one attached hydrogen (secondary N) is 4. The quantitative estimate of drug-likeness (QED) is 0.425. The Kier molecular flexibility index (Phi) is 8.35. The highest BCUT2D eigenvalue weighted by Gasteiger charge is 2.36. The zero-order chi connectivity index (χ0) is 26.6. The molecule has 1 aromatic heterocycles. The molecule has 9 nitrogen and oxygen atoms in total. The van der Waals surface area contributed by atoms with Crippen molar-refractivity contribution in [3.05, 3.63) is 30.1 Å². The van der Waals surface area contributed by atoms with Gasteiger partial charge in [0, 0.05) is 37.6 Å². The second-order valence-corrected chi connectivity index (χ2v) is 9.83. The van der Waals surface area contributed by atoms with Crippen molar-refractivity contribution in [1.29, 1.82) is 0 Å². The first-order valence-electron chi connectivity index (χ1n) is 12.8. The lowest BCUT2D eigenvalue weighted by Crippen LogP contribution is -2.63. The Balaban J connectivity index is 1.21. The Morgan fingerprint density at radius 1 is 1.14 bits per heavy atom. The number of anilines is 1. The lowest BCUT2D eigenvalue weighted by molar-refractivity contribution is -0.137. The van der Waals surface area contributed by atoms with Crippen molar-refractivity contribution in [2.75, 3.05) is 32.0 Å². The van der Waals surface area contributed by atoms with E-state index in [1.807, 2.05) is 0 Å². The molecule has 1 saturated heterocycles. The van der Waals surface area contributed by atoms with Crippen molar-refractivity contribution in [2.24, 2.45) is 5.92 Å². The van der Waals surface area contributed by atoms with Crippen molar-refractivity contribution in [2.45, 2.75) is 63.3 Å². The van der Waals surface area contributed by atoms with Crippen LogP contribution in [0.1, 0.15) is 44.6 Å². The maximum Gasteiger partial charge on any atom is 0.416 e. The van der Waals surface area contributed by atoms with E-state index in [1.54, 1.807) is 7.05 Å². The summed E-state index contributed by atoms with van der Waals surface area (Å²) < 4.78 is 39.3. The predicted molar refractivity (Wildman–Crippen MR) is 134 cm³/mol. The van der Waals surface area contributed by atoms with Gasteiger partial charge in [-0.05, 0) is 56.2 Å². The van der Waals surface area contributed by atoms with E-state index in [4.69, 9.17) is 0 Å². The molecule has 0 spiro atoms. The van der Waals surface area contributed by atoms with Crippen LogP contribution in [0.3, 0.4) is 0 Å². The standard InChI is InChI=1S/C25H34F3N7O2/c1-3-20(34-24(37)29-2)15-4-7-18(8-5-15)35-12-17(13-35)33-22(36)11-30-23-19-10-16(25(26,27)28)6-9-21(19)31-14-32-23/h6,9-10,14-15,17-18,20H,3-5,7-8,11-13H2,1-2H3,(H,33,36)(H2,29,34,37)(H,30,31,32). The Hall–Kier alpha value is -3.15. The van der Waals surface area contributed by atoms with Gasteiger partial charge in [-0.25, -0.2) is 14.8 Å². The zero-order valence-corrected chi connectivity index (χ0v) is 21.1. The van der Waals surface area contributed by atoms with Crippen LogP contribution in [0.4, 0.5) is 23.8 Å². The first kappa shape index (κ1) is 26.9. The Morgan fingerprint density at radius 2 is 1.86 bits per heavy atom. The highest BCUT2D eigenvalue weighted by molar-refractivity contribution is 5.91. The maximum absolute atomic E-state index is 13.1. The summed E-state index contributed by atoms with van der Waals surface area (Å²) in [5.74, 6) is 0.430. The normalized spacial score (nSPS) is 21.6. The minimum absolute atomic E-state index is 0.0457. The number of carbonyl (C=O) groups excluding carboxylic acids is 2. The van der Waals surface area contributed by atoms with Crippen LogP contribution in [0.5, 0.6) is 0 Å². The molecule has 12 heteroatoms. The molecule has 1 saturated carbocycles. The van der Waals surface area contributed by atoms with Crippen LogP contribution in [-0.4, -0.2) is 71.6 Å². The van der Waals surface area contributed by atoms with Gasteiger partial charge in [-0.1, -0.05) is 6.92 Å². The van der Waals surface area contributed by atoms with Gasteiger partial charge in [0.05, 0.1) is 23.7 Å². The number of hydrogen-bond donors (Lipinski definition) is 4. The van der Waals surface area contributed by atoms with Crippen LogP contribution in [0.15, 0.2) is 24.5 Å². The van der Waals surface area contributed by atoms with Gasteiger partial charge in [0.15, 0.2) is 0 Å². The van der Waals surface area contributed by atoms with E-state index in [9.17, 15) is 22.8 Å². The van der Waals surface area contributed by atoms with Crippen molar-refractivity contribution in [1.82, 2.24) is 30.8 Å². The van der Waals surface area contributed by atoms with Gasteiger partial charge in [0.25, 0.3) is 0 Å². The van der Waals surface area contributed by atoms with Crippen LogP contribution in [0.25, 0.3) is 10.9 Å². The Labute approximate surface area is 214 Å². The summed E-state index contributed by atoms with van der Waals surface area (Å²) >= 11 is 0. The van der Waals surface area contributed by atoms with Crippen molar-refractivity contribution in [3.63, 3.8) is 0 Å². The minimum Gasteiger partial charge on any atom is -0.360 e. The average Bonchev–Trinajstić information content (AvgIpc) is 2.87. The fraction of sp³-hybridized carbons (Fsp3) is 0.600. The first-order chi connectivity index (χ1) is 17.7. The van der Waals surface area contributed by atoms with Crippen molar-refractivity contribution >= 4 is 28.7 Å². The van der Waals surface area contributed by atoms with E-state index >= 15 is 0 Å². The summed E-state index contributed by atoms with van der Waals surface area (Å²) in [7, 11) is 1.62. The van der Waals surface area contributed by atoms with Crippen LogP contribution in [-0.2, 0) is 11.0 Å². The van der Waals surface area contributed by atoms with Crippen LogP contribution >= 0.6 is 0 Å². The molecule has 1 aromatic carbocycles. The highest BCUT2D eigenvalue weighted by atomic mass is 19.4. The largest absolute Gasteiger partial charge is 0.416 e. The Bertz CT molecular complexity index is 1100. The molecule has 4 N–H and O–H groups in total. The van der Waals surface area contributed by atoms with Gasteiger partial charge in [-0.3, -0.25) is 9.69 Å². The molecule has 1 aliphatic heterocycles. The number of halogens is 3. The number of fused-ring (bicyclic) bond motifs is 1. The zero-order valence-electron chi connectivity index (χ0n) is 21.1. The monoisotopic (exact) mass is 521 g/mol. The van der Waals surface area contributed by atoms with E-state index in [2.05, 4.69) is 43.1 Å². The van der Waals surface area contributed by atoms with Crippen LogP contribution in [0.2, 0.25) is 0 Å². The topological polar surface area (TPSA) is 111 Å². The lowest BCUT2D eigenvalue weighted by Gasteiger charge is -2.47. The van der Waals surface area contributed by atoms with E-state index in [1.165, 1.54) is 12.4 Å². The number of urea groups is 1. The number of carbonyl (C=O) groups is 2. The predicted octanol–water partition coefficient (Wildman–Crippen LogP) is 3.13. The summed E-state index contributed by atoms with van der Waals surface area (Å²) in [4.78, 5) is 34.6. The Morgan fingerprint density at radius 3 is 2.51 bits per heavy atom. The molecule has 202 valence electrons. The number of amides is 3. The lowest BCUT2D eigenvalue weighted by atomic mass is 9.79. The molecule has 0 radical (unpaired) electrons. The smallest absolute Gasteiger partial charge is 0.360 e. The molecule has 1 atom stereocenters. The number of benzene rings is 1. The number of alkyl halides is 3. The molecule has 0 bridgehead atoms. The van der Waals surface area contributed by atoms with Gasteiger partial charge >= 0.3 is 12.2 Å². The summed E-state index contributed by atoms with van der Waals surface area (Å²) in [6.07, 6.45) is 1.95. The van der Waals surface area contributed by atoms with Crippen LogP contribution in [0, 0.1) is 5.92 Å². The molecule has 2 aromatic rings. The molecule has 1 unspecified atom stereocenters. The summed E-state index contributed by atoms with van der Waals surface area (Å²) in [5, 5.41) is 11.7. The second kappa shape index (κ2) is 11.5. The van der Waals surface area contributed by atoms with Gasteiger partial charge in [-0.15, -0.1) is 0 Å². The number of likely N-dealkylation sites (tertiary alicyclic amines) is 1. The number of aromatic nitrogens is 2. The molecule has 2 fully saturated rings. The molecule has 2 aliphatic rings. The fourth-order valence-corrected chi connectivity index (χ4v) is 5.38. The molecule has 2 heterocycles. The highest BCUT2D eigenvalue weighted by Crippen LogP contribution is 2.33. The maximum atomic E-state index is 13.1. The molecule has 1 aliphatic carbocycles. The minimum atomic E-state index is -4.48. The van der Waals surface area contributed by atoms with E-state index < -0.39 is 11.7 Å². The summed E-state index contributed by atoms with van der Waals surface area (Å²) in [5.41, 5.74) is -0.427. The van der Waals surface area contributed by atoms with E-state index in [0.717, 1.165) is 57.3 Å². The van der Waals surface area contributed by atoms with E-state index in [0.29, 0.717) is 17.5 Å². The third-order valence-electron chi connectivity index (χ3n) is 7.46. The van der Waals surface area contributed by atoms with Gasteiger partial charge in [0.2, 0.25) is 5.91 Å². The van der Waals surface area contributed by atoms with Gasteiger partial charge < -0.3 is 21.3 Å². The third-order valence-corrected chi connectivity index (χ3v) is 7.46. The number of rotatable bonds is 8. The third kappa shape index (κ3) is 6.60. The van der Waals surface area contributed by atoms with Crippen molar-refractivity contribution in [3.8, 4) is 0 Å². The summed E-state index contributed by atoms with van der Waals surface area (Å²) in [6.45, 7) is 3.55. The average molecular weight is 522 g/mol. The molecule has 3 amide bonds. The second-order valence-electron chi connectivity index (χ2n) is 9.83. The van der Waals surface area contributed by atoms with Gasteiger partial charge in [0.1, 0.15) is 12.1 Å². The molecule has 4 rings (SSSR count). The SMILES string of the molecule is CCC(NC(=O)NC)C1CCC(N2CC(NC(=O)CNc3ncnc4ccc(C(F)(F)F)cc34)C2)CC1.